The lowest BCUT2D eigenvalue weighted by Crippen LogP contribution is -2.46. The first-order valence-corrected chi connectivity index (χ1v) is 8.11. The first kappa shape index (κ1) is 17.9. The van der Waals surface area contributed by atoms with Gasteiger partial charge in [0.25, 0.3) is 0 Å². The van der Waals surface area contributed by atoms with Crippen molar-refractivity contribution in [3.63, 3.8) is 0 Å². The lowest BCUT2D eigenvalue weighted by atomic mass is 9.69. The van der Waals surface area contributed by atoms with Crippen LogP contribution < -0.4 is 0 Å². The molecule has 0 amide bonds. The molecule has 120 valence electrons. The molecule has 0 N–H and O–H groups in total. The zero-order valence-corrected chi connectivity index (χ0v) is 14.2. The number of rotatable bonds is 9. The van der Waals surface area contributed by atoms with E-state index in [0.717, 1.165) is 26.2 Å². The molecule has 3 nitrogen and oxygen atoms in total. The van der Waals surface area contributed by atoms with E-state index in [0.29, 0.717) is 5.92 Å². The van der Waals surface area contributed by atoms with E-state index in [1.165, 1.54) is 32.1 Å². The quantitative estimate of drug-likeness (QED) is 0.640. The lowest BCUT2D eigenvalue weighted by molar-refractivity contribution is -0.131. The molecule has 0 radical (unpaired) electrons. The Bertz CT molecular complexity index is 251. The first-order chi connectivity index (χ1) is 9.49. The third-order valence-electron chi connectivity index (χ3n) is 4.94. The number of methoxy groups -OCH3 is 2. The highest BCUT2D eigenvalue weighted by Crippen LogP contribution is 2.40. The van der Waals surface area contributed by atoms with E-state index in [-0.39, 0.29) is 11.0 Å². The van der Waals surface area contributed by atoms with Crippen LogP contribution >= 0.6 is 0 Å². The Morgan fingerprint density at radius 2 is 1.45 bits per heavy atom. The summed E-state index contributed by atoms with van der Waals surface area (Å²) >= 11 is 0. The standard InChI is InChI=1S/C17H34O3/c1-6-16(2,3)20-14-17(12-18-4,13-19-5)15-10-8-7-9-11-15/h15H,6-14H2,1-5H3. The summed E-state index contributed by atoms with van der Waals surface area (Å²) < 4.78 is 17.3. The average Bonchev–Trinajstić information content (AvgIpc) is 2.46. The third-order valence-corrected chi connectivity index (χ3v) is 4.94. The van der Waals surface area contributed by atoms with E-state index in [1.807, 2.05) is 0 Å². The Morgan fingerprint density at radius 3 is 1.90 bits per heavy atom. The SMILES string of the molecule is CCC(C)(C)OCC(COC)(COC)C1CCCCC1. The van der Waals surface area contributed by atoms with Crippen LogP contribution in [-0.2, 0) is 14.2 Å². The molecule has 1 aliphatic carbocycles. The van der Waals surface area contributed by atoms with E-state index in [9.17, 15) is 0 Å². The van der Waals surface area contributed by atoms with E-state index < -0.39 is 0 Å². The molecule has 0 aromatic heterocycles. The van der Waals surface area contributed by atoms with Crippen molar-refractivity contribution >= 4 is 0 Å². The molecule has 3 heteroatoms. The minimum Gasteiger partial charge on any atom is -0.384 e. The van der Waals surface area contributed by atoms with Crippen molar-refractivity contribution in [2.24, 2.45) is 11.3 Å². The van der Waals surface area contributed by atoms with Gasteiger partial charge >= 0.3 is 0 Å². The number of ether oxygens (including phenoxy) is 3. The minimum atomic E-state index is -0.0681. The van der Waals surface area contributed by atoms with Gasteiger partial charge in [-0.3, -0.25) is 0 Å². The summed E-state index contributed by atoms with van der Waals surface area (Å²) in [5.41, 5.74) is -0.0578. The Balaban J connectivity index is 2.79. The van der Waals surface area contributed by atoms with Crippen LogP contribution in [0.1, 0.15) is 59.3 Å². The summed E-state index contributed by atoms with van der Waals surface area (Å²) in [5.74, 6) is 0.656. The van der Waals surface area contributed by atoms with Gasteiger partial charge in [-0.25, -0.2) is 0 Å². The van der Waals surface area contributed by atoms with Crippen molar-refractivity contribution < 1.29 is 14.2 Å². The third kappa shape index (κ3) is 5.01. The first-order valence-electron chi connectivity index (χ1n) is 8.11. The molecule has 1 aliphatic rings. The maximum Gasteiger partial charge on any atom is 0.0624 e. The van der Waals surface area contributed by atoms with Crippen LogP contribution in [0.3, 0.4) is 0 Å². The summed E-state index contributed by atoms with van der Waals surface area (Å²) in [6.07, 6.45) is 7.61. The van der Waals surface area contributed by atoms with Gasteiger partial charge < -0.3 is 14.2 Å². The molecule has 0 spiro atoms. The fourth-order valence-corrected chi connectivity index (χ4v) is 3.21. The number of hydrogen-bond donors (Lipinski definition) is 0. The van der Waals surface area contributed by atoms with Crippen LogP contribution in [0.15, 0.2) is 0 Å². The maximum absolute atomic E-state index is 6.24. The molecule has 0 unspecified atom stereocenters. The maximum atomic E-state index is 6.24. The summed E-state index contributed by atoms with van der Waals surface area (Å²) in [6.45, 7) is 8.70. The molecule has 0 saturated heterocycles. The van der Waals surface area contributed by atoms with E-state index in [4.69, 9.17) is 14.2 Å². The van der Waals surface area contributed by atoms with Crippen LogP contribution in [0, 0.1) is 11.3 Å². The highest BCUT2D eigenvalue weighted by molar-refractivity contribution is 4.89. The van der Waals surface area contributed by atoms with Crippen molar-refractivity contribution in [2.75, 3.05) is 34.0 Å². The zero-order chi connectivity index (χ0) is 15.1. The van der Waals surface area contributed by atoms with Crippen LogP contribution in [0.2, 0.25) is 0 Å². The second kappa shape index (κ2) is 8.35. The summed E-state index contributed by atoms with van der Waals surface area (Å²) in [5, 5.41) is 0. The molecule has 0 heterocycles. The highest BCUT2D eigenvalue weighted by Gasteiger charge is 2.41. The molecule has 1 rings (SSSR count). The van der Waals surface area contributed by atoms with Gasteiger partial charge in [0.1, 0.15) is 0 Å². The molecule has 1 saturated carbocycles. The van der Waals surface area contributed by atoms with Crippen LogP contribution in [-0.4, -0.2) is 39.6 Å². The minimum absolute atomic E-state index is 0.0103. The molecule has 0 aromatic carbocycles. The second-order valence-corrected chi connectivity index (χ2v) is 6.97. The van der Waals surface area contributed by atoms with Crippen LogP contribution in [0.4, 0.5) is 0 Å². The monoisotopic (exact) mass is 286 g/mol. The fourth-order valence-electron chi connectivity index (χ4n) is 3.21. The van der Waals surface area contributed by atoms with Crippen molar-refractivity contribution in [2.45, 2.75) is 64.9 Å². The van der Waals surface area contributed by atoms with Crippen molar-refractivity contribution in [1.82, 2.24) is 0 Å². The Hall–Kier alpha value is -0.120. The van der Waals surface area contributed by atoms with Gasteiger partial charge in [-0.2, -0.15) is 0 Å². The highest BCUT2D eigenvalue weighted by atomic mass is 16.5. The summed E-state index contributed by atoms with van der Waals surface area (Å²) in [6, 6.07) is 0. The predicted molar refractivity (Wildman–Crippen MR) is 83.1 cm³/mol. The van der Waals surface area contributed by atoms with Crippen molar-refractivity contribution in [3.05, 3.63) is 0 Å². The van der Waals surface area contributed by atoms with Gasteiger partial charge in [0.15, 0.2) is 0 Å². The molecule has 0 aliphatic heterocycles. The van der Waals surface area contributed by atoms with Gasteiger partial charge in [0, 0.05) is 19.6 Å². The normalized spacial score (nSPS) is 18.4. The van der Waals surface area contributed by atoms with E-state index >= 15 is 0 Å². The summed E-state index contributed by atoms with van der Waals surface area (Å²) in [4.78, 5) is 0. The Kier molecular flexibility index (Phi) is 7.49. The van der Waals surface area contributed by atoms with Gasteiger partial charge in [-0.1, -0.05) is 26.2 Å². The van der Waals surface area contributed by atoms with Crippen molar-refractivity contribution in [3.8, 4) is 0 Å². The lowest BCUT2D eigenvalue weighted by Gasteiger charge is -2.43. The average molecular weight is 286 g/mol. The molecular weight excluding hydrogens is 252 g/mol. The Labute approximate surface area is 125 Å². The van der Waals surface area contributed by atoms with Crippen molar-refractivity contribution in [1.29, 1.82) is 0 Å². The van der Waals surface area contributed by atoms with E-state index in [2.05, 4.69) is 20.8 Å². The molecule has 0 aromatic rings. The van der Waals surface area contributed by atoms with Gasteiger partial charge in [-0.05, 0) is 39.0 Å². The van der Waals surface area contributed by atoms with Gasteiger partial charge in [0.05, 0.1) is 25.4 Å². The summed E-state index contributed by atoms with van der Waals surface area (Å²) in [7, 11) is 3.58. The second-order valence-electron chi connectivity index (χ2n) is 6.97. The van der Waals surface area contributed by atoms with Crippen LogP contribution in [0.25, 0.3) is 0 Å². The topological polar surface area (TPSA) is 27.7 Å². The van der Waals surface area contributed by atoms with E-state index in [1.54, 1.807) is 14.2 Å². The number of hydrogen-bond acceptors (Lipinski definition) is 3. The zero-order valence-electron chi connectivity index (χ0n) is 14.2. The molecule has 0 bridgehead atoms. The Morgan fingerprint density at radius 1 is 0.900 bits per heavy atom. The predicted octanol–water partition coefficient (Wildman–Crippen LogP) is 4.05. The molecule has 1 fully saturated rings. The van der Waals surface area contributed by atoms with Gasteiger partial charge in [-0.15, -0.1) is 0 Å². The molecular formula is C17H34O3. The van der Waals surface area contributed by atoms with Crippen LogP contribution in [0.5, 0.6) is 0 Å². The largest absolute Gasteiger partial charge is 0.384 e. The smallest absolute Gasteiger partial charge is 0.0624 e. The van der Waals surface area contributed by atoms with Gasteiger partial charge in [0.2, 0.25) is 0 Å². The molecule has 0 atom stereocenters. The fraction of sp³-hybridized carbons (Fsp3) is 1.00. The molecule has 20 heavy (non-hydrogen) atoms.